The molecule has 1 aromatic rings. The molecule has 1 aliphatic rings. The Morgan fingerprint density at radius 3 is 2.53 bits per heavy atom. The van der Waals surface area contributed by atoms with Crippen LogP contribution >= 0.6 is 11.6 Å². The Labute approximate surface area is 103 Å². The highest BCUT2D eigenvalue weighted by molar-refractivity contribution is 6.30. The molecule has 0 unspecified atom stereocenters. The zero-order valence-electron chi connectivity index (χ0n) is 9.17. The van der Waals surface area contributed by atoms with Crippen LogP contribution in [0, 0.1) is 17.6 Å². The quantitative estimate of drug-likeness (QED) is 0.822. The standard InChI is InChI=1S/C12H14ClF2NO/c13-7-4-5-8(14)9(10(7)15)11(16)12(17)6-2-1-3-6/h4-6,11-12,17H,1-3,16H2/t11-,12+/m0/s1. The molecule has 1 aliphatic carbocycles. The minimum absolute atomic E-state index is 0.0304. The van der Waals surface area contributed by atoms with Gasteiger partial charge in [0.05, 0.1) is 17.2 Å². The normalized spacial score (nSPS) is 19.8. The Kier molecular flexibility index (Phi) is 3.66. The number of halogens is 3. The summed E-state index contributed by atoms with van der Waals surface area (Å²) in [7, 11) is 0. The minimum atomic E-state index is -1.07. The van der Waals surface area contributed by atoms with E-state index in [2.05, 4.69) is 0 Å². The van der Waals surface area contributed by atoms with Gasteiger partial charge in [0.2, 0.25) is 0 Å². The highest BCUT2D eigenvalue weighted by Crippen LogP contribution is 2.36. The predicted octanol–water partition coefficient (Wildman–Crippen LogP) is 2.78. The zero-order valence-corrected chi connectivity index (χ0v) is 9.92. The number of hydrogen-bond donors (Lipinski definition) is 2. The number of nitrogens with two attached hydrogens (primary N) is 1. The Balaban J connectivity index is 2.29. The molecule has 5 heteroatoms. The average Bonchev–Trinajstić information content (AvgIpc) is 2.21. The highest BCUT2D eigenvalue weighted by Gasteiger charge is 2.33. The van der Waals surface area contributed by atoms with Gasteiger partial charge in [0.15, 0.2) is 0 Å². The predicted molar refractivity (Wildman–Crippen MR) is 61.6 cm³/mol. The van der Waals surface area contributed by atoms with Gasteiger partial charge in [-0.15, -0.1) is 0 Å². The first-order chi connectivity index (χ1) is 8.02. The van der Waals surface area contributed by atoms with E-state index in [0.717, 1.165) is 31.4 Å². The molecule has 0 saturated heterocycles. The summed E-state index contributed by atoms with van der Waals surface area (Å²) >= 11 is 5.58. The van der Waals surface area contributed by atoms with E-state index in [0.29, 0.717) is 0 Å². The summed E-state index contributed by atoms with van der Waals surface area (Å²) in [6, 6.07) is 1.13. The molecule has 0 heterocycles. The maximum Gasteiger partial charge on any atom is 0.149 e. The molecule has 2 rings (SSSR count). The van der Waals surface area contributed by atoms with Gasteiger partial charge in [-0.05, 0) is 30.9 Å². The minimum Gasteiger partial charge on any atom is -0.391 e. The first kappa shape index (κ1) is 12.7. The van der Waals surface area contributed by atoms with E-state index in [-0.39, 0.29) is 16.5 Å². The van der Waals surface area contributed by atoms with E-state index in [4.69, 9.17) is 17.3 Å². The third-order valence-electron chi connectivity index (χ3n) is 3.41. The Hall–Kier alpha value is -0.710. The first-order valence-corrected chi connectivity index (χ1v) is 5.97. The lowest BCUT2D eigenvalue weighted by Gasteiger charge is -2.34. The lowest BCUT2D eigenvalue weighted by Crippen LogP contribution is -2.37. The van der Waals surface area contributed by atoms with Crippen molar-refractivity contribution in [3.8, 4) is 0 Å². The van der Waals surface area contributed by atoms with Gasteiger partial charge in [0, 0.05) is 5.56 Å². The number of rotatable bonds is 3. The highest BCUT2D eigenvalue weighted by atomic mass is 35.5. The van der Waals surface area contributed by atoms with Crippen molar-refractivity contribution >= 4 is 11.6 Å². The van der Waals surface area contributed by atoms with E-state index in [1.54, 1.807) is 0 Å². The van der Waals surface area contributed by atoms with Gasteiger partial charge in [-0.3, -0.25) is 0 Å². The molecule has 1 fully saturated rings. The fourth-order valence-electron chi connectivity index (χ4n) is 2.09. The smallest absolute Gasteiger partial charge is 0.149 e. The summed E-state index contributed by atoms with van der Waals surface area (Å²) in [4.78, 5) is 0. The molecule has 1 aromatic carbocycles. The van der Waals surface area contributed by atoms with Gasteiger partial charge in [0.25, 0.3) is 0 Å². The topological polar surface area (TPSA) is 46.2 Å². The van der Waals surface area contributed by atoms with Crippen LogP contribution in [0.3, 0.4) is 0 Å². The summed E-state index contributed by atoms with van der Waals surface area (Å²) < 4.78 is 27.2. The van der Waals surface area contributed by atoms with Gasteiger partial charge >= 0.3 is 0 Å². The van der Waals surface area contributed by atoms with Crippen molar-refractivity contribution in [2.45, 2.75) is 31.4 Å². The van der Waals surface area contributed by atoms with Crippen LogP contribution in [0.4, 0.5) is 8.78 Å². The third-order valence-corrected chi connectivity index (χ3v) is 3.71. The van der Waals surface area contributed by atoms with Crippen LogP contribution in [0.1, 0.15) is 30.9 Å². The molecule has 17 heavy (non-hydrogen) atoms. The van der Waals surface area contributed by atoms with Crippen molar-refractivity contribution in [3.63, 3.8) is 0 Å². The first-order valence-electron chi connectivity index (χ1n) is 5.59. The lowest BCUT2D eigenvalue weighted by molar-refractivity contribution is 0.0395. The van der Waals surface area contributed by atoms with Crippen LogP contribution in [-0.2, 0) is 0 Å². The monoisotopic (exact) mass is 261 g/mol. The molecule has 2 atom stereocenters. The molecule has 0 aromatic heterocycles. The summed E-state index contributed by atoms with van der Waals surface area (Å²) in [6.07, 6.45) is 1.79. The zero-order chi connectivity index (χ0) is 12.6. The van der Waals surface area contributed by atoms with E-state index in [1.165, 1.54) is 0 Å². The largest absolute Gasteiger partial charge is 0.391 e. The Bertz CT molecular complexity index is 423. The summed E-state index contributed by atoms with van der Waals surface area (Å²) in [5.74, 6) is -1.61. The van der Waals surface area contributed by atoms with Gasteiger partial charge < -0.3 is 10.8 Å². The molecule has 0 aliphatic heterocycles. The second-order valence-electron chi connectivity index (χ2n) is 4.46. The van der Waals surface area contributed by atoms with Crippen LogP contribution in [0.5, 0.6) is 0 Å². The fourth-order valence-corrected chi connectivity index (χ4v) is 2.26. The van der Waals surface area contributed by atoms with Gasteiger partial charge in [-0.1, -0.05) is 18.0 Å². The molecule has 0 bridgehead atoms. The van der Waals surface area contributed by atoms with Gasteiger partial charge in [-0.2, -0.15) is 0 Å². The third kappa shape index (κ3) is 2.30. The molecule has 2 nitrogen and oxygen atoms in total. The van der Waals surface area contributed by atoms with Crippen molar-refractivity contribution in [2.75, 3.05) is 0 Å². The van der Waals surface area contributed by atoms with Gasteiger partial charge in [-0.25, -0.2) is 8.78 Å². The summed E-state index contributed by atoms with van der Waals surface area (Å²) in [6.45, 7) is 0. The van der Waals surface area contributed by atoms with Crippen molar-refractivity contribution in [1.82, 2.24) is 0 Å². The van der Waals surface area contributed by atoms with Crippen LogP contribution in [0.2, 0.25) is 5.02 Å². The number of aliphatic hydroxyl groups excluding tert-OH is 1. The second-order valence-corrected chi connectivity index (χ2v) is 4.87. The summed E-state index contributed by atoms with van der Waals surface area (Å²) in [5, 5.41) is 9.75. The van der Waals surface area contributed by atoms with Gasteiger partial charge in [0.1, 0.15) is 11.6 Å². The van der Waals surface area contributed by atoms with Crippen molar-refractivity contribution < 1.29 is 13.9 Å². The summed E-state index contributed by atoms with van der Waals surface area (Å²) in [5.41, 5.74) is 5.41. The van der Waals surface area contributed by atoms with Crippen molar-refractivity contribution in [3.05, 3.63) is 34.4 Å². The maximum atomic E-state index is 13.7. The molecule has 0 radical (unpaired) electrons. The lowest BCUT2D eigenvalue weighted by atomic mass is 9.77. The van der Waals surface area contributed by atoms with Crippen LogP contribution < -0.4 is 5.73 Å². The fraction of sp³-hybridized carbons (Fsp3) is 0.500. The Morgan fingerprint density at radius 1 is 1.35 bits per heavy atom. The number of benzene rings is 1. The Morgan fingerprint density at radius 2 is 2.00 bits per heavy atom. The SMILES string of the molecule is N[C@@H](c1c(F)ccc(Cl)c1F)[C@H](O)C1CCC1. The van der Waals surface area contributed by atoms with E-state index in [9.17, 15) is 13.9 Å². The average molecular weight is 262 g/mol. The number of hydrogen-bond acceptors (Lipinski definition) is 2. The van der Waals surface area contributed by atoms with Crippen LogP contribution in [-0.4, -0.2) is 11.2 Å². The van der Waals surface area contributed by atoms with E-state index >= 15 is 0 Å². The molecule has 0 amide bonds. The molecule has 0 spiro atoms. The molecule has 1 saturated carbocycles. The number of aliphatic hydroxyl groups is 1. The van der Waals surface area contributed by atoms with Crippen molar-refractivity contribution in [1.29, 1.82) is 0 Å². The molecular weight excluding hydrogens is 248 g/mol. The van der Waals surface area contributed by atoms with Crippen molar-refractivity contribution in [2.24, 2.45) is 11.7 Å². The van der Waals surface area contributed by atoms with E-state index < -0.39 is 23.8 Å². The maximum absolute atomic E-state index is 13.7. The van der Waals surface area contributed by atoms with Crippen LogP contribution in [0.25, 0.3) is 0 Å². The van der Waals surface area contributed by atoms with E-state index in [1.807, 2.05) is 0 Å². The molecule has 3 N–H and O–H groups in total. The molecular formula is C12H14ClF2NO. The van der Waals surface area contributed by atoms with Crippen LogP contribution in [0.15, 0.2) is 12.1 Å². The second kappa shape index (κ2) is 4.88. The molecule has 94 valence electrons.